The fourth-order valence-electron chi connectivity index (χ4n) is 2.34. The number of halogens is 3. The Morgan fingerprint density at radius 3 is 2.33 bits per heavy atom. The lowest BCUT2D eigenvalue weighted by molar-refractivity contribution is -0.184. The van der Waals surface area contributed by atoms with Crippen molar-refractivity contribution in [3.8, 4) is 11.1 Å². The van der Waals surface area contributed by atoms with Crippen LogP contribution in [0.1, 0.15) is 5.56 Å². The van der Waals surface area contributed by atoms with E-state index in [0.717, 1.165) is 0 Å². The van der Waals surface area contributed by atoms with E-state index in [0.29, 0.717) is 5.56 Å². The van der Waals surface area contributed by atoms with Gasteiger partial charge in [-0.2, -0.15) is 8.78 Å². The number of hydrogen-bond donors (Lipinski definition) is 3. The lowest BCUT2D eigenvalue weighted by atomic mass is 9.95. The molecule has 7 heteroatoms. The van der Waals surface area contributed by atoms with Gasteiger partial charge in [0.2, 0.25) is 0 Å². The van der Waals surface area contributed by atoms with Gasteiger partial charge in [0.15, 0.2) is 0 Å². The van der Waals surface area contributed by atoms with E-state index in [1.54, 1.807) is 30.3 Å². The Bertz CT molecular complexity index is 722. The van der Waals surface area contributed by atoms with Crippen LogP contribution in [-0.4, -0.2) is 34.3 Å². The molecular formula is C17H16F3NO3. The molecule has 0 amide bonds. The summed E-state index contributed by atoms with van der Waals surface area (Å²) >= 11 is 0. The number of aliphatic hydroxyl groups excluding tert-OH is 1. The van der Waals surface area contributed by atoms with E-state index >= 15 is 0 Å². The van der Waals surface area contributed by atoms with Gasteiger partial charge in [0, 0.05) is 11.6 Å². The Morgan fingerprint density at radius 2 is 1.75 bits per heavy atom. The zero-order chi connectivity index (χ0) is 17.9. The summed E-state index contributed by atoms with van der Waals surface area (Å²) in [6.45, 7) is 0. The maximum Gasteiger partial charge on any atom is 0.377 e. The number of nitrogens with two attached hydrogens (primary N) is 1. The molecule has 2 aromatic carbocycles. The average molecular weight is 339 g/mol. The summed E-state index contributed by atoms with van der Waals surface area (Å²) in [5, 5.41) is 17.9. The monoisotopic (exact) mass is 339 g/mol. The van der Waals surface area contributed by atoms with Crippen LogP contribution < -0.4 is 5.73 Å². The fraction of sp³-hybridized carbons (Fsp3) is 0.235. The molecule has 0 aromatic heterocycles. The van der Waals surface area contributed by atoms with E-state index in [4.69, 9.17) is 10.8 Å². The first kappa shape index (κ1) is 18.0. The van der Waals surface area contributed by atoms with Crippen molar-refractivity contribution in [1.29, 1.82) is 0 Å². The summed E-state index contributed by atoms with van der Waals surface area (Å²) in [6, 6.07) is 11.4. The van der Waals surface area contributed by atoms with Crippen LogP contribution in [-0.2, 0) is 11.2 Å². The molecule has 4 N–H and O–H groups in total. The van der Waals surface area contributed by atoms with Crippen LogP contribution in [0.2, 0.25) is 0 Å². The third-order valence-electron chi connectivity index (χ3n) is 3.68. The topological polar surface area (TPSA) is 83.5 Å². The summed E-state index contributed by atoms with van der Waals surface area (Å²) in [4.78, 5) is 10.5. The largest absolute Gasteiger partial charge is 0.477 e. The highest BCUT2D eigenvalue weighted by Gasteiger charge is 2.49. The first-order valence-corrected chi connectivity index (χ1v) is 7.12. The maximum atomic E-state index is 14.6. The first-order valence-electron chi connectivity index (χ1n) is 7.12. The molecule has 2 unspecified atom stereocenters. The summed E-state index contributed by atoms with van der Waals surface area (Å²) in [6.07, 6.45) is -3.06. The molecule has 24 heavy (non-hydrogen) atoms. The van der Waals surface area contributed by atoms with Crippen molar-refractivity contribution >= 4 is 5.97 Å². The van der Waals surface area contributed by atoms with Crippen LogP contribution in [0.25, 0.3) is 11.1 Å². The van der Waals surface area contributed by atoms with Crippen molar-refractivity contribution in [2.45, 2.75) is 24.5 Å². The normalized spacial score (nSPS) is 14.2. The van der Waals surface area contributed by atoms with Crippen molar-refractivity contribution in [2.24, 2.45) is 5.73 Å². The molecule has 128 valence electrons. The van der Waals surface area contributed by atoms with Gasteiger partial charge < -0.3 is 15.9 Å². The van der Waals surface area contributed by atoms with Crippen LogP contribution >= 0.6 is 0 Å². The standard InChI is InChI=1S/C17H16F3NO3/c18-14-11(9-13(21)15(22)17(19,20)16(23)24)7-4-8-12(14)10-5-2-1-3-6-10/h1-8,13,15,22H,9,21H2,(H,23,24). The van der Waals surface area contributed by atoms with Crippen molar-refractivity contribution in [1.82, 2.24) is 0 Å². The van der Waals surface area contributed by atoms with Crippen molar-refractivity contribution < 1.29 is 28.2 Å². The molecule has 0 fully saturated rings. The van der Waals surface area contributed by atoms with Crippen LogP contribution in [0.15, 0.2) is 48.5 Å². The van der Waals surface area contributed by atoms with E-state index in [1.165, 1.54) is 18.2 Å². The van der Waals surface area contributed by atoms with Crippen LogP contribution in [0, 0.1) is 5.82 Å². The Kier molecular flexibility index (Phi) is 5.26. The smallest absolute Gasteiger partial charge is 0.377 e. The first-order chi connectivity index (χ1) is 11.2. The van der Waals surface area contributed by atoms with Gasteiger partial charge in [0.25, 0.3) is 0 Å². The van der Waals surface area contributed by atoms with E-state index in [1.807, 2.05) is 0 Å². The highest BCUT2D eigenvalue weighted by molar-refractivity contribution is 5.76. The zero-order valence-corrected chi connectivity index (χ0v) is 12.5. The third-order valence-corrected chi connectivity index (χ3v) is 3.68. The van der Waals surface area contributed by atoms with Crippen LogP contribution in [0.4, 0.5) is 13.2 Å². The molecule has 0 radical (unpaired) electrons. The minimum Gasteiger partial charge on any atom is -0.477 e. The molecule has 0 aliphatic rings. The number of carboxylic acid groups (broad SMARTS) is 1. The van der Waals surface area contributed by atoms with E-state index in [9.17, 15) is 23.1 Å². The molecule has 2 atom stereocenters. The lowest BCUT2D eigenvalue weighted by Gasteiger charge is -2.24. The second kappa shape index (κ2) is 7.02. The summed E-state index contributed by atoms with van der Waals surface area (Å²) in [5.74, 6) is -7.54. The number of rotatable bonds is 6. The van der Waals surface area contributed by atoms with E-state index in [2.05, 4.69) is 0 Å². The second-order valence-electron chi connectivity index (χ2n) is 5.39. The SMILES string of the molecule is NC(Cc1cccc(-c2ccccc2)c1F)C(O)C(F)(F)C(=O)O. The van der Waals surface area contributed by atoms with Gasteiger partial charge in [-0.1, -0.05) is 48.5 Å². The predicted octanol–water partition coefficient (Wildman–Crippen LogP) is 2.44. The Hall–Kier alpha value is -2.38. The molecule has 0 aliphatic heterocycles. The molecule has 2 aromatic rings. The number of aliphatic carboxylic acids is 1. The maximum absolute atomic E-state index is 14.6. The molecule has 0 saturated heterocycles. The van der Waals surface area contributed by atoms with Gasteiger partial charge in [-0.15, -0.1) is 0 Å². The Morgan fingerprint density at radius 1 is 1.12 bits per heavy atom. The van der Waals surface area contributed by atoms with E-state index < -0.39 is 36.3 Å². The van der Waals surface area contributed by atoms with Gasteiger partial charge in [-0.05, 0) is 17.5 Å². The summed E-state index contributed by atoms with van der Waals surface area (Å²) in [5.41, 5.74) is 6.35. The molecular weight excluding hydrogens is 323 g/mol. The Balaban J connectivity index is 2.26. The zero-order valence-electron chi connectivity index (χ0n) is 12.5. The Labute approximate surface area is 136 Å². The number of carbonyl (C=O) groups is 1. The molecule has 0 saturated carbocycles. The van der Waals surface area contributed by atoms with E-state index in [-0.39, 0.29) is 11.1 Å². The highest BCUT2D eigenvalue weighted by atomic mass is 19.3. The van der Waals surface area contributed by atoms with Crippen molar-refractivity contribution in [3.63, 3.8) is 0 Å². The number of aliphatic hydroxyl groups is 1. The third kappa shape index (κ3) is 3.58. The van der Waals surface area contributed by atoms with Gasteiger partial charge in [0.05, 0.1) is 0 Å². The second-order valence-corrected chi connectivity index (χ2v) is 5.39. The van der Waals surface area contributed by atoms with Gasteiger partial charge >= 0.3 is 11.9 Å². The summed E-state index contributed by atoms with van der Waals surface area (Å²) < 4.78 is 41.2. The molecule has 4 nitrogen and oxygen atoms in total. The van der Waals surface area contributed by atoms with Gasteiger partial charge in [-0.25, -0.2) is 9.18 Å². The molecule has 0 spiro atoms. The number of alkyl halides is 2. The van der Waals surface area contributed by atoms with Gasteiger partial charge in [0.1, 0.15) is 11.9 Å². The van der Waals surface area contributed by atoms with Crippen LogP contribution in [0.5, 0.6) is 0 Å². The summed E-state index contributed by atoms with van der Waals surface area (Å²) in [7, 11) is 0. The molecule has 0 aliphatic carbocycles. The molecule has 2 rings (SSSR count). The van der Waals surface area contributed by atoms with Crippen molar-refractivity contribution in [3.05, 3.63) is 59.9 Å². The molecule has 0 heterocycles. The predicted molar refractivity (Wildman–Crippen MR) is 82.1 cm³/mol. The quantitative estimate of drug-likeness (QED) is 0.755. The number of hydrogen-bond acceptors (Lipinski definition) is 3. The van der Waals surface area contributed by atoms with Gasteiger partial charge in [-0.3, -0.25) is 0 Å². The molecule has 0 bridgehead atoms. The fourth-order valence-corrected chi connectivity index (χ4v) is 2.34. The number of benzene rings is 2. The average Bonchev–Trinajstić information content (AvgIpc) is 2.56. The van der Waals surface area contributed by atoms with Crippen LogP contribution in [0.3, 0.4) is 0 Å². The minimum atomic E-state index is -4.41. The number of carboxylic acids is 1. The lowest BCUT2D eigenvalue weighted by Crippen LogP contribution is -2.52. The highest BCUT2D eigenvalue weighted by Crippen LogP contribution is 2.27. The van der Waals surface area contributed by atoms with Crippen molar-refractivity contribution in [2.75, 3.05) is 0 Å². The minimum absolute atomic E-state index is 0.0177.